The van der Waals surface area contributed by atoms with E-state index in [-0.39, 0.29) is 0 Å². The molecular formula is C14H31NO. The summed E-state index contributed by atoms with van der Waals surface area (Å²) >= 11 is 0. The van der Waals surface area contributed by atoms with E-state index in [1.807, 2.05) is 0 Å². The molecule has 0 radical (unpaired) electrons. The summed E-state index contributed by atoms with van der Waals surface area (Å²) in [5.74, 6) is 0. The lowest BCUT2D eigenvalue weighted by molar-refractivity contribution is 0.180. The average molecular weight is 229 g/mol. The largest absolute Gasteiger partial charge is 0.385 e. The lowest BCUT2D eigenvalue weighted by Crippen LogP contribution is -2.32. The Hall–Kier alpha value is -0.0800. The highest BCUT2D eigenvalue weighted by molar-refractivity contribution is 4.76. The number of hydrogen-bond acceptors (Lipinski definition) is 2. The van der Waals surface area contributed by atoms with E-state index in [4.69, 9.17) is 4.74 Å². The van der Waals surface area contributed by atoms with Gasteiger partial charge in [0.2, 0.25) is 0 Å². The van der Waals surface area contributed by atoms with Gasteiger partial charge in [-0.1, -0.05) is 33.6 Å². The van der Waals surface area contributed by atoms with Crippen molar-refractivity contribution in [3.8, 4) is 0 Å². The molecule has 1 N–H and O–H groups in total. The summed E-state index contributed by atoms with van der Waals surface area (Å²) in [5, 5.41) is 3.57. The topological polar surface area (TPSA) is 21.3 Å². The molecule has 16 heavy (non-hydrogen) atoms. The molecule has 1 unspecified atom stereocenters. The molecule has 0 aromatic carbocycles. The second-order valence-corrected chi connectivity index (χ2v) is 5.19. The van der Waals surface area contributed by atoms with E-state index in [1.165, 1.54) is 45.1 Å². The van der Waals surface area contributed by atoms with Gasteiger partial charge in [0.05, 0.1) is 0 Å². The zero-order valence-corrected chi connectivity index (χ0v) is 11.8. The first kappa shape index (κ1) is 15.9. The van der Waals surface area contributed by atoms with Gasteiger partial charge < -0.3 is 10.1 Å². The van der Waals surface area contributed by atoms with Crippen LogP contribution in [0, 0.1) is 5.41 Å². The maximum absolute atomic E-state index is 5.10. The smallest absolute Gasteiger partial charge is 0.0462 e. The van der Waals surface area contributed by atoms with Crippen LogP contribution in [0.5, 0.6) is 0 Å². The molecule has 0 fully saturated rings. The predicted molar refractivity (Wildman–Crippen MR) is 71.9 cm³/mol. The Morgan fingerprint density at radius 2 is 1.81 bits per heavy atom. The third-order valence-electron chi connectivity index (χ3n) is 3.21. The molecule has 0 amide bonds. The fourth-order valence-electron chi connectivity index (χ4n) is 2.27. The Labute approximate surface area is 102 Å². The molecule has 98 valence electrons. The quantitative estimate of drug-likeness (QED) is 0.546. The van der Waals surface area contributed by atoms with Crippen molar-refractivity contribution in [2.24, 2.45) is 5.41 Å². The fourth-order valence-corrected chi connectivity index (χ4v) is 2.27. The molecule has 0 aromatic rings. The second-order valence-electron chi connectivity index (χ2n) is 5.19. The van der Waals surface area contributed by atoms with Crippen molar-refractivity contribution in [2.45, 2.75) is 59.3 Å². The molecule has 0 aliphatic carbocycles. The van der Waals surface area contributed by atoms with Gasteiger partial charge in [-0.3, -0.25) is 0 Å². The van der Waals surface area contributed by atoms with Crippen molar-refractivity contribution in [3.63, 3.8) is 0 Å². The summed E-state index contributed by atoms with van der Waals surface area (Å²) in [7, 11) is 1.79. The maximum Gasteiger partial charge on any atom is 0.0462 e. The van der Waals surface area contributed by atoms with Crippen LogP contribution in [0.4, 0.5) is 0 Å². The number of ether oxygens (including phenoxy) is 1. The first-order valence-corrected chi connectivity index (χ1v) is 6.88. The van der Waals surface area contributed by atoms with E-state index in [0.29, 0.717) is 5.41 Å². The van der Waals surface area contributed by atoms with E-state index in [0.717, 1.165) is 13.2 Å². The molecule has 0 aliphatic heterocycles. The number of unbranched alkanes of at least 4 members (excludes halogenated alkanes) is 1. The second kappa shape index (κ2) is 10.1. The SMILES string of the molecule is CCCNCC(C)(CCC)CCCCOC. The first-order valence-electron chi connectivity index (χ1n) is 6.88. The number of rotatable bonds is 11. The summed E-state index contributed by atoms with van der Waals surface area (Å²) < 4.78 is 5.10. The predicted octanol–water partition coefficient (Wildman–Crippen LogP) is 3.61. The third-order valence-corrected chi connectivity index (χ3v) is 3.21. The molecule has 2 nitrogen and oxygen atoms in total. The van der Waals surface area contributed by atoms with E-state index in [2.05, 4.69) is 26.1 Å². The minimum atomic E-state index is 0.484. The van der Waals surface area contributed by atoms with Gasteiger partial charge in [-0.05, 0) is 37.6 Å². The van der Waals surface area contributed by atoms with Crippen LogP contribution in [0.1, 0.15) is 59.3 Å². The van der Waals surface area contributed by atoms with Crippen molar-refractivity contribution < 1.29 is 4.74 Å². The summed E-state index contributed by atoms with van der Waals surface area (Å²) in [4.78, 5) is 0. The number of nitrogens with one attached hydrogen (secondary N) is 1. The lowest BCUT2D eigenvalue weighted by atomic mass is 9.80. The molecule has 1 atom stereocenters. The fraction of sp³-hybridized carbons (Fsp3) is 1.00. The van der Waals surface area contributed by atoms with Gasteiger partial charge in [0.15, 0.2) is 0 Å². The van der Waals surface area contributed by atoms with Crippen molar-refractivity contribution in [2.75, 3.05) is 26.8 Å². The molecule has 0 spiro atoms. The van der Waals surface area contributed by atoms with Crippen molar-refractivity contribution in [1.29, 1.82) is 0 Å². The van der Waals surface area contributed by atoms with Crippen molar-refractivity contribution in [3.05, 3.63) is 0 Å². The zero-order chi connectivity index (χ0) is 12.3. The van der Waals surface area contributed by atoms with Crippen LogP contribution >= 0.6 is 0 Å². The molecule has 2 heteroatoms. The van der Waals surface area contributed by atoms with Crippen LogP contribution < -0.4 is 5.32 Å². The van der Waals surface area contributed by atoms with Gasteiger partial charge in [-0.15, -0.1) is 0 Å². The van der Waals surface area contributed by atoms with E-state index in [1.54, 1.807) is 7.11 Å². The first-order chi connectivity index (χ1) is 7.68. The molecule has 0 aromatic heterocycles. The van der Waals surface area contributed by atoms with Crippen LogP contribution in [0.25, 0.3) is 0 Å². The Morgan fingerprint density at radius 1 is 1.06 bits per heavy atom. The highest BCUT2D eigenvalue weighted by Gasteiger charge is 2.21. The van der Waals surface area contributed by atoms with Gasteiger partial charge >= 0.3 is 0 Å². The molecule has 0 bridgehead atoms. The third kappa shape index (κ3) is 8.12. The van der Waals surface area contributed by atoms with Crippen LogP contribution in [-0.4, -0.2) is 26.8 Å². The summed E-state index contributed by atoms with van der Waals surface area (Å²) in [5.41, 5.74) is 0.484. The standard InChI is InChI=1S/C14H31NO/c1-5-9-14(3,13-15-11-6-2)10-7-8-12-16-4/h15H,5-13H2,1-4H3. The lowest BCUT2D eigenvalue weighted by Gasteiger charge is -2.30. The van der Waals surface area contributed by atoms with Gasteiger partial charge in [0, 0.05) is 20.3 Å². The molecular weight excluding hydrogens is 198 g/mol. The van der Waals surface area contributed by atoms with Crippen LogP contribution in [0.3, 0.4) is 0 Å². The average Bonchev–Trinajstić information content (AvgIpc) is 2.25. The van der Waals surface area contributed by atoms with Gasteiger partial charge in [0.25, 0.3) is 0 Å². The molecule has 0 saturated heterocycles. The highest BCUT2D eigenvalue weighted by atomic mass is 16.5. The molecule has 0 saturated carbocycles. The van der Waals surface area contributed by atoms with Gasteiger partial charge in [-0.2, -0.15) is 0 Å². The summed E-state index contributed by atoms with van der Waals surface area (Å²) in [6, 6.07) is 0. The van der Waals surface area contributed by atoms with Crippen molar-refractivity contribution >= 4 is 0 Å². The summed E-state index contributed by atoms with van der Waals surface area (Å²) in [6.45, 7) is 10.2. The number of hydrogen-bond donors (Lipinski definition) is 1. The Kier molecular flexibility index (Phi) is 10.0. The van der Waals surface area contributed by atoms with Crippen molar-refractivity contribution in [1.82, 2.24) is 5.32 Å². The van der Waals surface area contributed by atoms with Crippen LogP contribution in [-0.2, 0) is 4.74 Å². The minimum Gasteiger partial charge on any atom is -0.385 e. The van der Waals surface area contributed by atoms with Gasteiger partial charge in [0.1, 0.15) is 0 Å². The maximum atomic E-state index is 5.10. The van der Waals surface area contributed by atoms with E-state index < -0.39 is 0 Å². The van der Waals surface area contributed by atoms with E-state index in [9.17, 15) is 0 Å². The highest BCUT2D eigenvalue weighted by Crippen LogP contribution is 2.29. The normalized spacial score (nSPS) is 15.0. The Bertz CT molecular complexity index is 150. The van der Waals surface area contributed by atoms with Crippen LogP contribution in [0.15, 0.2) is 0 Å². The monoisotopic (exact) mass is 229 g/mol. The van der Waals surface area contributed by atoms with E-state index >= 15 is 0 Å². The van der Waals surface area contributed by atoms with Crippen LogP contribution in [0.2, 0.25) is 0 Å². The van der Waals surface area contributed by atoms with Gasteiger partial charge in [-0.25, -0.2) is 0 Å². The molecule has 0 aliphatic rings. The zero-order valence-electron chi connectivity index (χ0n) is 11.8. The Balaban J connectivity index is 3.81. The molecule has 0 heterocycles. The minimum absolute atomic E-state index is 0.484. The Morgan fingerprint density at radius 3 is 2.38 bits per heavy atom. The summed E-state index contributed by atoms with van der Waals surface area (Å²) in [6.07, 6.45) is 7.65. The number of methoxy groups -OCH3 is 1. The molecule has 0 rings (SSSR count).